The third-order valence-electron chi connectivity index (χ3n) is 6.21. The van der Waals surface area contributed by atoms with Crippen LogP contribution in [0, 0.1) is 20.8 Å². The van der Waals surface area contributed by atoms with Gasteiger partial charge in [0.15, 0.2) is 0 Å². The van der Waals surface area contributed by atoms with Crippen LogP contribution in [-0.4, -0.2) is 43.3 Å². The summed E-state index contributed by atoms with van der Waals surface area (Å²) in [7, 11) is -4.09. The Kier molecular flexibility index (Phi) is 9.22. The fourth-order valence-corrected chi connectivity index (χ4v) is 5.83. The Bertz CT molecular complexity index is 1410. The summed E-state index contributed by atoms with van der Waals surface area (Å²) in [6.45, 7) is 12.7. The Morgan fingerprint density at radius 3 is 2.03 bits per heavy atom. The number of aryl methyl sites for hydroxylation is 3. The summed E-state index contributed by atoms with van der Waals surface area (Å²) in [6.07, 6.45) is 0. The van der Waals surface area contributed by atoms with Crippen LogP contribution >= 0.6 is 0 Å². The first-order chi connectivity index (χ1) is 18.2. The van der Waals surface area contributed by atoms with E-state index in [2.05, 4.69) is 5.32 Å². The third kappa shape index (κ3) is 7.93. The Balaban J connectivity index is 2.06. The minimum absolute atomic E-state index is 0.0840. The molecule has 0 bridgehead atoms. The van der Waals surface area contributed by atoms with E-state index in [0.29, 0.717) is 5.69 Å². The molecule has 0 aliphatic rings. The first kappa shape index (κ1) is 29.9. The molecule has 3 rings (SSSR count). The Morgan fingerprint density at radius 2 is 1.46 bits per heavy atom. The largest absolute Gasteiger partial charge is 0.350 e. The first-order valence-corrected chi connectivity index (χ1v) is 14.4. The number of anilines is 1. The third-order valence-corrected chi connectivity index (χ3v) is 7.99. The van der Waals surface area contributed by atoms with Gasteiger partial charge in [-0.2, -0.15) is 0 Å². The van der Waals surface area contributed by atoms with Gasteiger partial charge < -0.3 is 10.2 Å². The van der Waals surface area contributed by atoms with Crippen LogP contribution in [0.2, 0.25) is 0 Å². The van der Waals surface area contributed by atoms with E-state index in [1.807, 2.05) is 71.9 Å². The molecule has 0 heterocycles. The van der Waals surface area contributed by atoms with Gasteiger partial charge in [-0.15, -0.1) is 0 Å². The molecule has 1 atom stereocenters. The number of carbonyl (C=O) groups excluding carboxylic acids is 2. The zero-order valence-corrected chi connectivity index (χ0v) is 24.7. The van der Waals surface area contributed by atoms with E-state index >= 15 is 0 Å². The monoisotopic (exact) mass is 549 g/mol. The predicted octanol–water partition coefficient (Wildman–Crippen LogP) is 5.14. The summed E-state index contributed by atoms with van der Waals surface area (Å²) in [5, 5.41) is 2.94. The van der Waals surface area contributed by atoms with Crippen LogP contribution in [0.5, 0.6) is 0 Å². The molecular weight excluding hydrogens is 510 g/mol. The highest BCUT2D eigenvalue weighted by Gasteiger charge is 2.33. The molecule has 3 aromatic rings. The summed E-state index contributed by atoms with van der Waals surface area (Å²) >= 11 is 0. The number of hydrogen-bond acceptors (Lipinski definition) is 4. The van der Waals surface area contributed by atoms with Crippen LogP contribution in [0.3, 0.4) is 0 Å². The predicted molar refractivity (Wildman–Crippen MR) is 156 cm³/mol. The number of benzene rings is 3. The molecule has 39 heavy (non-hydrogen) atoms. The van der Waals surface area contributed by atoms with Crippen molar-refractivity contribution in [3.05, 3.63) is 95.1 Å². The van der Waals surface area contributed by atoms with Crippen LogP contribution in [0.4, 0.5) is 5.69 Å². The fourth-order valence-electron chi connectivity index (χ4n) is 4.41. The van der Waals surface area contributed by atoms with E-state index in [4.69, 9.17) is 0 Å². The number of nitrogens with one attached hydrogen (secondary N) is 1. The maximum atomic E-state index is 14.0. The molecule has 7 nitrogen and oxygen atoms in total. The summed E-state index contributed by atoms with van der Waals surface area (Å²) in [5.41, 5.74) is 3.52. The lowest BCUT2D eigenvalue weighted by Gasteiger charge is -2.33. The highest BCUT2D eigenvalue weighted by molar-refractivity contribution is 7.92. The highest BCUT2D eigenvalue weighted by atomic mass is 32.2. The standard InChI is InChI=1S/C31H39N3O4S/c1-22-12-11-13-26(17-22)20-33(25(4)30(36)32-31(5,6)7)29(35)21-34(27-18-23(2)16-24(3)19-27)39(37,38)28-14-9-8-10-15-28/h8-19,25H,20-21H2,1-7H3,(H,32,36)/t25-/m0/s1. The van der Waals surface area contributed by atoms with Gasteiger partial charge in [0.05, 0.1) is 10.6 Å². The van der Waals surface area contributed by atoms with Crippen LogP contribution in [0.15, 0.2) is 77.7 Å². The molecule has 208 valence electrons. The molecule has 0 unspecified atom stereocenters. The lowest BCUT2D eigenvalue weighted by molar-refractivity contribution is -0.140. The second-order valence-electron chi connectivity index (χ2n) is 11.1. The van der Waals surface area contributed by atoms with Crippen LogP contribution in [0.25, 0.3) is 0 Å². The summed E-state index contributed by atoms with van der Waals surface area (Å²) < 4.78 is 28.9. The molecule has 0 fully saturated rings. The SMILES string of the molecule is Cc1cccc(CN(C(=O)CN(c2cc(C)cc(C)c2)S(=O)(=O)c2ccccc2)[C@@H](C)C(=O)NC(C)(C)C)c1. The molecule has 1 N–H and O–H groups in total. The van der Waals surface area contributed by atoms with E-state index in [9.17, 15) is 18.0 Å². The van der Waals surface area contributed by atoms with Gasteiger partial charge in [-0.25, -0.2) is 8.42 Å². The van der Waals surface area contributed by atoms with E-state index in [1.165, 1.54) is 17.0 Å². The molecule has 2 amide bonds. The molecule has 0 saturated carbocycles. The second kappa shape index (κ2) is 12.0. The highest BCUT2D eigenvalue weighted by Crippen LogP contribution is 2.26. The molecule has 0 spiro atoms. The van der Waals surface area contributed by atoms with Crippen LogP contribution < -0.4 is 9.62 Å². The maximum Gasteiger partial charge on any atom is 0.264 e. The normalized spacial score (nSPS) is 12.5. The Labute approximate surface area is 232 Å². The number of hydrogen-bond donors (Lipinski definition) is 1. The lowest BCUT2D eigenvalue weighted by Crippen LogP contribution is -2.54. The minimum atomic E-state index is -4.09. The summed E-state index contributed by atoms with van der Waals surface area (Å²) in [4.78, 5) is 28.7. The van der Waals surface area contributed by atoms with Crippen molar-refractivity contribution in [2.24, 2.45) is 0 Å². The van der Waals surface area contributed by atoms with Gasteiger partial charge in [-0.1, -0.05) is 54.1 Å². The fraction of sp³-hybridized carbons (Fsp3) is 0.355. The smallest absolute Gasteiger partial charge is 0.264 e. The quantitative estimate of drug-likeness (QED) is 0.401. The van der Waals surface area contributed by atoms with Crippen LogP contribution in [0.1, 0.15) is 49.9 Å². The van der Waals surface area contributed by atoms with Gasteiger partial charge in [0, 0.05) is 12.1 Å². The van der Waals surface area contributed by atoms with E-state index in [1.54, 1.807) is 37.3 Å². The molecule has 3 aromatic carbocycles. The van der Waals surface area contributed by atoms with Gasteiger partial charge in [0.25, 0.3) is 10.0 Å². The molecule has 0 saturated heterocycles. The van der Waals surface area contributed by atoms with E-state index in [0.717, 1.165) is 26.6 Å². The number of amides is 2. The van der Waals surface area contributed by atoms with Crippen molar-refractivity contribution in [1.29, 1.82) is 0 Å². The molecule has 8 heteroatoms. The zero-order chi connectivity index (χ0) is 29.0. The lowest BCUT2D eigenvalue weighted by atomic mass is 10.1. The zero-order valence-electron chi connectivity index (χ0n) is 23.9. The minimum Gasteiger partial charge on any atom is -0.350 e. The Hall–Kier alpha value is -3.65. The second-order valence-corrected chi connectivity index (χ2v) is 13.0. The maximum absolute atomic E-state index is 14.0. The number of sulfonamides is 1. The number of nitrogens with zero attached hydrogens (tertiary/aromatic N) is 2. The van der Waals surface area contributed by atoms with E-state index in [-0.39, 0.29) is 17.3 Å². The average Bonchev–Trinajstić information content (AvgIpc) is 2.84. The summed E-state index contributed by atoms with van der Waals surface area (Å²) in [5.74, 6) is -0.792. The van der Waals surface area contributed by atoms with Gasteiger partial charge in [-0.05, 0) is 89.4 Å². The molecular formula is C31H39N3O4S. The van der Waals surface area contributed by atoms with Gasteiger partial charge >= 0.3 is 0 Å². The molecule has 0 aliphatic heterocycles. The van der Waals surface area contributed by atoms with Crippen molar-refractivity contribution in [3.8, 4) is 0 Å². The average molecular weight is 550 g/mol. The van der Waals surface area contributed by atoms with Gasteiger partial charge in [0.2, 0.25) is 11.8 Å². The molecule has 0 aromatic heterocycles. The van der Waals surface area contributed by atoms with Gasteiger partial charge in [0.1, 0.15) is 12.6 Å². The van der Waals surface area contributed by atoms with Crippen molar-refractivity contribution in [3.63, 3.8) is 0 Å². The number of rotatable bonds is 9. The topological polar surface area (TPSA) is 86.8 Å². The summed E-state index contributed by atoms with van der Waals surface area (Å²) in [6, 6.07) is 20.4. The van der Waals surface area contributed by atoms with Crippen molar-refractivity contribution >= 4 is 27.5 Å². The van der Waals surface area contributed by atoms with E-state index < -0.39 is 34.1 Å². The van der Waals surface area contributed by atoms with Gasteiger partial charge in [-0.3, -0.25) is 13.9 Å². The molecule has 0 aliphatic carbocycles. The van der Waals surface area contributed by atoms with Crippen LogP contribution in [-0.2, 0) is 26.2 Å². The molecule has 0 radical (unpaired) electrons. The number of carbonyl (C=O) groups is 2. The first-order valence-electron chi connectivity index (χ1n) is 13.0. The van der Waals surface area contributed by atoms with Crippen molar-refractivity contribution < 1.29 is 18.0 Å². The Morgan fingerprint density at radius 1 is 0.846 bits per heavy atom. The van der Waals surface area contributed by atoms with Crippen molar-refractivity contribution in [2.75, 3.05) is 10.8 Å². The van der Waals surface area contributed by atoms with Crippen molar-refractivity contribution in [2.45, 2.75) is 71.5 Å². The van der Waals surface area contributed by atoms with Crippen molar-refractivity contribution in [1.82, 2.24) is 10.2 Å².